The molecule has 166 valence electrons. The molecule has 2 aromatic carbocycles. The fourth-order valence-corrected chi connectivity index (χ4v) is 4.37. The van der Waals surface area contributed by atoms with Crippen LogP contribution in [0.15, 0.2) is 59.7 Å². The number of imide groups is 1. The lowest BCUT2D eigenvalue weighted by Crippen LogP contribution is -2.28. The molecule has 5 rings (SSSR count). The summed E-state index contributed by atoms with van der Waals surface area (Å²) in [4.78, 5) is 41.6. The van der Waals surface area contributed by atoms with Crippen LogP contribution in [-0.4, -0.2) is 21.4 Å². The Labute approximate surface area is 190 Å². The topological polar surface area (TPSA) is 84.4 Å². The number of nitrogens with one attached hydrogen (secondary N) is 1. The van der Waals surface area contributed by atoms with Crippen LogP contribution in [0.3, 0.4) is 0 Å². The van der Waals surface area contributed by atoms with Gasteiger partial charge in [0, 0.05) is 48.8 Å². The summed E-state index contributed by atoms with van der Waals surface area (Å²) in [6.07, 6.45) is 3.88. The monoisotopic (exact) mass is 441 g/mol. The number of anilines is 1. The molecule has 0 aliphatic carbocycles. The molecular weight excluding hydrogens is 418 g/mol. The van der Waals surface area contributed by atoms with E-state index >= 15 is 0 Å². The molecule has 1 saturated heterocycles. The third-order valence-corrected chi connectivity index (χ3v) is 6.08. The number of aromatic nitrogens is 2. The lowest BCUT2D eigenvalue weighted by atomic mass is 10.0. The molecule has 2 aromatic heterocycles. The molecule has 2 amide bonds. The van der Waals surface area contributed by atoms with Gasteiger partial charge in [0.25, 0.3) is 5.56 Å². The first kappa shape index (κ1) is 20.8. The van der Waals surface area contributed by atoms with Crippen LogP contribution in [0, 0.1) is 13.8 Å². The van der Waals surface area contributed by atoms with Crippen molar-refractivity contribution in [3.05, 3.63) is 76.3 Å². The second-order valence-electron chi connectivity index (χ2n) is 8.35. The Bertz CT molecular complexity index is 1460. The molecule has 0 radical (unpaired) electrons. The van der Waals surface area contributed by atoms with Crippen LogP contribution in [0.1, 0.15) is 24.0 Å². The average molecular weight is 441 g/mol. The van der Waals surface area contributed by atoms with Gasteiger partial charge in [0.2, 0.25) is 11.8 Å². The first-order valence-corrected chi connectivity index (χ1v) is 10.8. The second-order valence-corrected chi connectivity index (χ2v) is 8.35. The summed E-state index contributed by atoms with van der Waals surface area (Å²) >= 11 is 0. The zero-order chi connectivity index (χ0) is 23.3. The molecule has 1 aliphatic rings. The molecule has 1 aliphatic heterocycles. The van der Waals surface area contributed by atoms with Gasteiger partial charge in [0.1, 0.15) is 17.0 Å². The molecule has 1 fully saturated rings. The highest BCUT2D eigenvalue weighted by Gasteiger charge is 2.31. The number of aromatic amines is 1. The molecule has 3 heterocycles. The van der Waals surface area contributed by atoms with E-state index in [0.29, 0.717) is 22.5 Å². The molecule has 0 bridgehead atoms. The SMILES string of the molecule is Cc1cccc(C)c1Oc1ccc(N2C(=O)CCC2=O)cc1-c1cn(C)c(=O)c2[nH]ccc12. The number of fused-ring (bicyclic) bond motifs is 1. The zero-order valence-electron chi connectivity index (χ0n) is 18.6. The Kier molecular flexibility index (Phi) is 4.89. The van der Waals surface area contributed by atoms with Crippen molar-refractivity contribution < 1.29 is 14.3 Å². The van der Waals surface area contributed by atoms with E-state index in [1.165, 1.54) is 9.47 Å². The van der Waals surface area contributed by atoms with Crippen LogP contribution in [0.25, 0.3) is 22.0 Å². The fourth-order valence-electron chi connectivity index (χ4n) is 4.37. The summed E-state index contributed by atoms with van der Waals surface area (Å²) in [5, 5.41) is 0.737. The maximum absolute atomic E-state index is 12.6. The van der Waals surface area contributed by atoms with E-state index in [4.69, 9.17) is 4.74 Å². The third-order valence-electron chi connectivity index (χ3n) is 6.08. The largest absolute Gasteiger partial charge is 0.456 e. The number of nitrogens with zero attached hydrogens (tertiary/aromatic N) is 2. The predicted molar refractivity (Wildman–Crippen MR) is 127 cm³/mol. The Morgan fingerprint density at radius 1 is 0.909 bits per heavy atom. The van der Waals surface area contributed by atoms with Crippen molar-refractivity contribution in [2.45, 2.75) is 26.7 Å². The van der Waals surface area contributed by atoms with Gasteiger partial charge in [-0.25, -0.2) is 0 Å². The highest BCUT2D eigenvalue weighted by atomic mass is 16.5. The van der Waals surface area contributed by atoms with Crippen LogP contribution in [-0.2, 0) is 16.6 Å². The van der Waals surface area contributed by atoms with Gasteiger partial charge in [-0.3, -0.25) is 19.3 Å². The van der Waals surface area contributed by atoms with Crippen molar-refractivity contribution in [3.63, 3.8) is 0 Å². The highest BCUT2D eigenvalue weighted by molar-refractivity contribution is 6.20. The minimum atomic E-state index is -0.221. The Morgan fingerprint density at radius 2 is 1.61 bits per heavy atom. The number of ether oxygens (including phenoxy) is 1. The molecule has 0 atom stereocenters. The number of rotatable bonds is 4. The summed E-state index contributed by atoms with van der Waals surface area (Å²) in [5.41, 5.74) is 4.25. The first-order chi connectivity index (χ1) is 15.8. The van der Waals surface area contributed by atoms with Gasteiger partial charge in [-0.2, -0.15) is 0 Å². The van der Waals surface area contributed by atoms with Crippen LogP contribution in [0.4, 0.5) is 5.69 Å². The van der Waals surface area contributed by atoms with Crippen molar-refractivity contribution >= 4 is 28.4 Å². The summed E-state index contributed by atoms with van der Waals surface area (Å²) < 4.78 is 7.92. The molecule has 7 heteroatoms. The van der Waals surface area contributed by atoms with E-state index < -0.39 is 0 Å². The molecular formula is C26H23N3O4. The van der Waals surface area contributed by atoms with E-state index in [-0.39, 0.29) is 30.2 Å². The second kappa shape index (κ2) is 7.78. The lowest BCUT2D eigenvalue weighted by molar-refractivity contribution is -0.121. The van der Waals surface area contributed by atoms with Gasteiger partial charge >= 0.3 is 0 Å². The number of pyridine rings is 1. The van der Waals surface area contributed by atoms with Gasteiger partial charge < -0.3 is 14.3 Å². The van der Waals surface area contributed by atoms with E-state index in [1.807, 2.05) is 38.1 Å². The number of amides is 2. The molecule has 1 N–H and O–H groups in total. The summed E-state index contributed by atoms with van der Waals surface area (Å²) in [5.74, 6) is 0.870. The van der Waals surface area contributed by atoms with E-state index in [2.05, 4.69) is 4.98 Å². The van der Waals surface area contributed by atoms with Gasteiger partial charge in [0.05, 0.1) is 5.69 Å². The minimum absolute atomic E-state index is 0.142. The van der Waals surface area contributed by atoms with Gasteiger partial charge in [-0.05, 0) is 49.2 Å². The summed E-state index contributed by atoms with van der Waals surface area (Å²) in [6.45, 7) is 3.96. The normalized spacial score (nSPS) is 13.8. The maximum atomic E-state index is 12.6. The third kappa shape index (κ3) is 3.42. The van der Waals surface area contributed by atoms with Gasteiger partial charge in [-0.1, -0.05) is 18.2 Å². The van der Waals surface area contributed by atoms with Gasteiger partial charge in [0.15, 0.2) is 0 Å². The average Bonchev–Trinajstić information content (AvgIpc) is 3.41. The van der Waals surface area contributed by atoms with Crippen molar-refractivity contribution in [2.75, 3.05) is 4.90 Å². The lowest BCUT2D eigenvalue weighted by Gasteiger charge is -2.20. The van der Waals surface area contributed by atoms with Crippen LogP contribution in [0.2, 0.25) is 0 Å². The van der Waals surface area contributed by atoms with Crippen molar-refractivity contribution in [2.24, 2.45) is 7.05 Å². The van der Waals surface area contributed by atoms with Gasteiger partial charge in [-0.15, -0.1) is 0 Å². The number of aryl methyl sites for hydroxylation is 3. The molecule has 0 unspecified atom stereocenters. The number of hydrogen-bond acceptors (Lipinski definition) is 4. The molecule has 0 saturated carbocycles. The van der Waals surface area contributed by atoms with E-state index in [0.717, 1.165) is 27.8 Å². The smallest absolute Gasteiger partial charge is 0.274 e. The number of para-hydroxylation sites is 1. The zero-order valence-corrected chi connectivity index (χ0v) is 18.6. The highest BCUT2D eigenvalue weighted by Crippen LogP contribution is 2.41. The summed E-state index contributed by atoms with van der Waals surface area (Å²) in [6, 6.07) is 13.1. The van der Waals surface area contributed by atoms with Crippen molar-refractivity contribution in [1.29, 1.82) is 0 Å². The Hall–Kier alpha value is -4.13. The number of benzene rings is 2. The number of H-pyrrole nitrogens is 1. The van der Waals surface area contributed by atoms with E-state index in [9.17, 15) is 14.4 Å². The van der Waals surface area contributed by atoms with E-state index in [1.54, 1.807) is 37.6 Å². The maximum Gasteiger partial charge on any atom is 0.274 e. The first-order valence-electron chi connectivity index (χ1n) is 10.8. The number of carbonyl (C=O) groups excluding carboxylic acids is 2. The van der Waals surface area contributed by atoms with Crippen LogP contribution < -0.4 is 15.2 Å². The summed E-state index contributed by atoms with van der Waals surface area (Å²) in [7, 11) is 1.69. The predicted octanol–water partition coefficient (Wildman–Crippen LogP) is 4.60. The van der Waals surface area contributed by atoms with Crippen molar-refractivity contribution in [1.82, 2.24) is 9.55 Å². The minimum Gasteiger partial charge on any atom is -0.456 e. The Balaban J connectivity index is 1.75. The molecule has 4 aromatic rings. The van der Waals surface area contributed by atoms with Crippen LogP contribution in [0.5, 0.6) is 11.5 Å². The standard InChI is InChI=1S/C26H23N3O4/c1-15-5-4-6-16(2)25(15)33-21-8-7-17(29-22(30)9-10-23(29)31)13-19(21)20-14-28(3)26(32)24-18(20)11-12-27-24/h4-8,11-14,27H,9-10H2,1-3H3. The number of carbonyl (C=O) groups is 2. The van der Waals surface area contributed by atoms with Crippen molar-refractivity contribution in [3.8, 4) is 22.6 Å². The molecule has 7 nitrogen and oxygen atoms in total. The molecule has 0 spiro atoms. The Morgan fingerprint density at radius 3 is 2.30 bits per heavy atom. The number of hydrogen-bond donors (Lipinski definition) is 1. The fraction of sp³-hybridized carbons (Fsp3) is 0.192. The quantitative estimate of drug-likeness (QED) is 0.469. The van der Waals surface area contributed by atoms with Crippen LogP contribution >= 0.6 is 0 Å². The molecule has 33 heavy (non-hydrogen) atoms.